The first-order valence-corrected chi connectivity index (χ1v) is 9.34. The number of halogens is 1. The molecule has 0 atom stereocenters. The van der Waals surface area contributed by atoms with Gasteiger partial charge in [-0.1, -0.05) is 38.1 Å². The van der Waals surface area contributed by atoms with E-state index in [-0.39, 0.29) is 12.4 Å². The van der Waals surface area contributed by atoms with Gasteiger partial charge in [-0.2, -0.15) is 0 Å². The summed E-state index contributed by atoms with van der Waals surface area (Å²) < 4.78 is 5.21. The minimum atomic E-state index is 0. The van der Waals surface area contributed by atoms with Crippen LogP contribution >= 0.6 is 12.4 Å². The highest BCUT2D eigenvalue weighted by molar-refractivity contribution is 5.85. The monoisotopic (exact) mass is 364 g/mol. The molecule has 0 unspecified atom stereocenters. The lowest BCUT2D eigenvalue weighted by atomic mass is 9.77. The zero-order chi connectivity index (χ0) is 17.0. The number of para-hydroxylation sites is 1. The number of hydrogen-bond donors (Lipinski definition) is 0. The molecule has 0 spiro atoms. The maximum Gasteiger partial charge on any atom is 0.0589 e. The topological polar surface area (TPSA) is 15.7 Å². The minimum absolute atomic E-state index is 0. The molecule has 3 rings (SSSR count). The van der Waals surface area contributed by atoms with Crippen LogP contribution in [0.25, 0.3) is 5.57 Å². The molecule has 1 saturated heterocycles. The molecule has 140 valence electrons. The molecule has 0 radical (unpaired) electrons. The van der Waals surface area contributed by atoms with Gasteiger partial charge >= 0.3 is 0 Å². The van der Waals surface area contributed by atoms with E-state index in [1.54, 1.807) is 12.7 Å². The van der Waals surface area contributed by atoms with Crippen molar-refractivity contribution in [1.29, 1.82) is 0 Å². The third-order valence-electron chi connectivity index (χ3n) is 5.55. The van der Waals surface area contributed by atoms with Crippen molar-refractivity contribution < 1.29 is 4.74 Å². The molecule has 3 nitrogen and oxygen atoms in total. The van der Waals surface area contributed by atoms with Crippen LogP contribution in [-0.4, -0.2) is 51.3 Å². The summed E-state index contributed by atoms with van der Waals surface area (Å²) in [7, 11) is 1.78. The first-order valence-electron chi connectivity index (χ1n) is 9.34. The molecule has 0 bridgehead atoms. The Morgan fingerprint density at radius 2 is 1.80 bits per heavy atom. The van der Waals surface area contributed by atoms with Gasteiger partial charge in [-0.15, -0.1) is 12.4 Å². The third kappa shape index (κ3) is 5.22. The molecule has 0 aromatic heterocycles. The number of hydrogen-bond acceptors (Lipinski definition) is 3. The third-order valence-corrected chi connectivity index (χ3v) is 5.55. The number of benzene rings is 1. The van der Waals surface area contributed by atoms with Gasteiger partial charge in [-0.25, -0.2) is 0 Å². The summed E-state index contributed by atoms with van der Waals surface area (Å²) in [5.41, 5.74) is 4.89. The molecule has 1 aliphatic heterocycles. The molecule has 25 heavy (non-hydrogen) atoms. The predicted octanol–water partition coefficient (Wildman–Crippen LogP) is 4.47. The van der Waals surface area contributed by atoms with Crippen LogP contribution in [0, 0.1) is 5.41 Å². The van der Waals surface area contributed by atoms with Crippen molar-refractivity contribution in [2.75, 3.05) is 51.3 Å². The van der Waals surface area contributed by atoms with Crippen LogP contribution in [0.5, 0.6) is 0 Å². The van der Waals surface area contributed by atoms with E-state index in [1.165, 1.54) is 30.5 Å². The van der Waals surface area contributed by atoms with Gasteiger partial charge in [0.25, 0.3) is 0 Å². The zero-order valence-electron chi connectivity index (χ0n) is 16.0. The zero-order valence-corrected chi connectivity index (χ0v) is 16.8. The Bertz CT molecular complexity index is 577. The SMILES string of the molecule is COCCN1CCN(c2ccccc2C2=CCC(C)(C)CC2)CC1.Cl. The summed E-state index contributed by atoms with van der Waals surface area (Å²) in [6.45, 7) is 11.1. The molecule has 0 amide bonds. The molecule has 0 saturated carbocycles. The highest BCUT2D eigenvalue weighted by atomic mass is 35.5. The first kappa shape index (κ1) is 20.3. The fraction of sp³-hybridized carbons (Fsp3) is 0.619. The predicted molar refractivity (Wildman–Crippen MR) is 110 cm³/mol. The highest BCUT2D eigenvalue weighted by Crippen LogP contribution is 2.40. The molecule has 0 N–H and O–H groups in total. The summed E-state index contributed by atoms with van der Waals surface area (Å²) in [5.74, 6) is 0. The smallest absolute Gasteiger partial charge is 0.0589 e. The van der Waals surface area contributed by atoms with Crippen molar-refractivity contribution in [3.63, 3.8) is 0 Å². The van der Waals surface area contributed by atoms with Gasteiger partial charge in [0.1, 0.15) is 0 Å². The number of rotatable bonds is 5. The number of ether oxygens (including phenoxy) is 1. The van der Waals surface area contributed by atoms with Crippen LogP contribution in [0.1, 0.15) is 38.7 Å². The van der Waals surface area contributed by atoms with Crippen molar-refractivity contribution in [2.24, 2.45) is 5.41 Å². The van der Waals surface area contributed by atoms with Gasteiger partial charge in [0.05, 0.1) is 6.61 Å². The van der Waals surface area contributed by atoms with E-state index in [4.69, 9.17) is 4.74 Å². The van der Waals surface area contributed by atoms with Crippen molar-refractivity contribution in [3.8, 4) is 0 Å². The second-order valence-corrected chi connectivity index (χ2v) is 7.94. The summed E-state index contributed by atoms with van der Waals surface area (Å²) in [6.07, 6.45) is 6.18. The quantitative estimate of drug-likeness (QED) is 0.766. The summed E-state index contributed by atoms with van der Waals surface area (Å²) in [5, 5.41) is 0. The van der Waals surface area contributed by atoms with Crippen molar-refractivity contribution in [1.82, 2.24) is 4.90 Å². The second-order valence-electron chi connectivity index (χ2n) is 7.94. The Morgan fingerprint density at radius 3 is 2.44 bits per heavy atom. The van der Waals surface area contributed by atoms with Gasteiger partial charge in [-0.05, 0) is 36.3 Å². The fourth-order valence-electron chi connectivity index (χ4n) is 3.78. The van der Waals surface area contributed by atoms with E-state index in [0.29, 0.717) is 5.41 Å². The Morgan fingerprint density at radius 1 is 1.08 bits per heavy atom. The second kappa shape index (κ2) is 9.07. The van der Waals surface area contributed by atoms with Crippen LogP contribution < -0.4 is 4.90 Å². The summed E-state index contributed by atoms with van der Waals surface area (Å²) >= 11 is 0. The maximum absolute atomic E-state index is 5.21. The molecule has 1 aromatic carbocycles. The van der Waals surface area contributed by atoms with E-state index in [0.717, 1.165) is 39.3 Å². The molecule has 1 aliphatic carbocycles. The minimum Gasteiger partial charge on any atom is -0.383 e. The van der Waals surface area contributed by atoms with Gasteiger partial charge in [0, 0.05) is 51.1 Å². The standard InChI is InChI=1S/C21H32N2O.ClH/c1-21(2)10-8-18(9-11-21)19-6-4-5-7-20(19)23-14-12-22(13-15-23)16-17-24-3;/h4-8H,9-17H2,1-3H3;1H. The number of methoxy groups -OCH3 is 1. The normalized spacial score (nSPS) is 20.8. The number of anilines is 1. The van der Waals surface area contributed by atoms with Crippen LogP contribution in [-0.2, 0) is 4.74 Å². The van der Waals surface area contributed by atoms with Crippen LogP contribution in [0.3, 0.4) is 0 Å². The van der Waals surface area contributed by atoms with Crippen LogP contribution in [0.4, 0.5) is 5.69 Å². The molecular weight excluding hydrogens is 332 g/mol. The fourth-order valence-corrected chi connectivity index (χ4v) is 3.78. The molecule has 4 heteroatoms. The van der Waals surface area contributed by atoms with Gasteiger partial charge in [0.2, 0.25) is 0 Å². The highest BCUT2D eigenvalue weighted by Gasteiger charge is 2.24. The van der Waals surface area contributed by atoms with Crippen molar-refractivity contribution in [3.05, 3.63) is 35.9 Å². The van der Waals surface area contributed by atoms with E-state index in [2.05, 4.69) is 54.0 Å². The lowest BCUT2D eigenvalue weighted by Crippen LogP contribution is -2.47. The first-order chi connectivity index (χ1) is 11.6. The average molecular weight is 365 g/mol. The van der Waals surface area contributed by atoms with Crippen LogP contribution in [0.15, 0.2) is 30.3 Å². The molecular formula is C21H33ClN2O. The number of nitrogens with zero attached hydrogens (tertiary/aromatic N) is 2. The Labute approximate surface area is 159 Å². The summed E-state index contributed by atoms with van der Waals surface area (Å²) in [6, 6.07) is 9.00. The van der Waals surface area contributed by atoms with Crippen molar-refractivity contribution >= 4 is 23.7 Å². The van der Waals surface area contributed by atoms with Crippen LogP contribution in [0.2, 0.25) is 0 Å². The Balaban J connectivity index is 0.00000225. The Hall–Kier alpha value is -1.03. The van der Waals surface area contributed by atoms with E-state index >= 15 is 0 Å². The lowest BCUT2D eigenvalue weighted by Gasteiger charge is -2.37. The largest absolute Gasteiger partial charge is 0.383 e. The van der Waals surface area contributed by atoms with Gasteiger partial charge in [-0.3, -0.25) is 4.90 Å². The molecule has 1 fully saturated rings. The maximum atomic E-state index is 5.21. The van der Waals surface area contributed by atoms with E-state index < -0.39 is 0 Å². The summed E-state index contributed by atoms with van der Waals surface area (Å²) in [4.78, 5) is 5.07. The van der Waals surface area contributed by atoms with E-state index in [1.807, 2.05) is 0 Å². The lowest BCUT2D eigenvalue weighted by molar-refractivity contribution is 0.144. The number of allylic oxidation sites excluding steroid dienone is 2. The molecule has 1 heterocycles. The van der Waals surface area contributed by atoms with Crippen molar-refractivity contribution in [2.45, 2.75) is 33.1 Å². The van der Waals surface area contributed by atoms with Gasteiger partial charge in [0.15, 0.2) is 0 Å². The molecule has 2 aliphatic rings. The molecule has 1 aromatic rings. The average Bonchev–Trinajstić information content (AvgIpc) is 2.60. The van der Waals surface area contributed by atoms with E-state index in [9.17, 15) is 0 Å². The number of piperazine rings is 1. The van der Waals surface area contributed by atoms with Gasteiger partial charge < -0.3 is 9.64 Å². The Kier molecular flexibility index (Phi) is 7.36.